The van der Waals surface area contributed by atoms with E-state index in [0.717, 1.165) is 11.8 Å². The summed E-state index contributed by atoms with van der Waals surface area (Å²) in [5.41, 5.74) is 1.71. The molecule has 1 heteroatoms. The third-order valence-electron chi connectivity index (χ3n) is 3.16. The normalized spacial score (nSPS) is 28.2. The minimum absolute atomic E-state index is 0.958. The molecule has 0 aliphatic heterocycles. The number of aryl methyl sites for hydroxylation is 1. The predicted molar refractivity (Wildman–Crippen MR) is 59.7 cm³/mol. The molecule has 1 fully saturated rings. The second kappa shape index (κ2) is 3.45. The fourth-order valence-electron chi connectivity index (χ4n) is 2.69. The van der Waals surface area contributed by atoms with Crippen LogP contribution in [0.3, 0.4) is 0 Å². The fourth-order valence-corrected chi connectivity index (χ4v) is 3.95. The molecule has 0 aromatic carbocycles. The van der Waals surface area contributed by atoms with E-state index >= 15 is 0 Å². The Bertz CT molecular complexity index is 271. The van der Waals surface area contributed by atoms with Crippen LogP contribution >= 0.6 is 11.3 Å². The first kappa shape index (κ1) is 9.26. The summed E-state index contributed by atoms with van der Waals surface area (Å²) in [6, 6.07) is 2.42. The molecule has 1 aromatic rings. The average molecular weight is 194 g/mol. The molecule has 2 bridgehead atoms. The van der Waals surface area contributed by atoms with Crippen molar-refractivity contribution in [2.45, 2.75) is 51.9 Å². The highest BCUT2D eigenvalue weighted by atomic mass is 32.1. The Morgan fingerprint density at radius 3 is 2.62 bits per heavy atom. The molecule has 1 heterocycles. The maximum atomic E-state index is 2.42. The molecule has 2 aliphatic rings. The van der Waals surface area contributed by atoms with Gasteiger partial charge in [-0.15, -0.1) is 11.3 Å². The molecule has 2 unspecified atom stereocenters. The lowest BCUT2D eigenvalue weighted by Gasteiger charge is -2.07. The summed E-state index contributed by atoms with van der Waals surface area (Å²) in [6.45, 7) is 6.24. The van der Waals surface area contributed by atoms with Crippen LogP contribution in [0.25, 0.3) is 0 Å². The van der Waals surface area contributed by atoms with E-state index in [4.69, 9.17) is 0 Å². The summed E-state index contributed by atoms with van der Waals surface area (Å²) in [6.07, 6.45) is 4.41. The van der Waals surface area contributed by atoms with E-state index < -0.39 is 0 Å². The standard InChI is InChI=1S/C10H12S.C2H6/c1-6-4-9-7-2-3-8(5-7)10(9)11-6;1-2/h4,7-8H,2-3,5H2,1H3;1-2H3. The van der Waals surface area contributed by atoms with E-state index in [9.17, 15) is 0 Å². The molecule has 13 heavy (non-hydrogen) atoms. The Morgan fingerprint density at radius 2 is 1.92 bits per heavy atom. The SMILES string of the molecule is CC.Cc1cc2c(s1)C1CCC2C1. The lowest BCUT2D eigenvalue weighted by Crippen LogP contribution is -1.91. The van der Waals surface area contributed by atoms with Crippen LogP contribution < -0.4 is 0 Å². The molecule has 0 saturated heterocycles. The second-order valence-corrected chi connectivity index (χ2v) is 5.17. The monoisotopic (exact) mass is 194 g/mol. The first-order valence-corrected chi connectivity index (χ1v) is 6.26. The molecule has 0 radical (unpaired) electrons. The van der Waals surface area contributed by atoms with Crippen LogP contribution in [0.15, 0.2) is 6.07 Å². The van der Waals surface area contributed by atoms with Gasteiger partial charge in [-0.25, -0.2) is 0 Å². The second-order valence-electron chi connectivity index (χ2n) is 3.88. The van der Waals surface area contributed by atoms with Crippen molar-refractivity contribution in [3.05, 3.63) is 21.4 Å². The minimum Gasteiger partial charge on any atom is -0.145 e. The van der Waals surface area contributed by atoms with Gasteiger partial charge in [0.15, 0.2) is 0 Å². The van der Waals surface area contributed by atoms with Gasteiger partial charge in [-0.05, 0) is 49.7 Å². The van der Waals surface area contributed by atoms with Gasteiger partial charge in [-0.1, -0.05) is 13.8 Å². The van der Waals surface area contributed by atoms with Crippen molar-refractivity contribution >= 4 is 11.3 Å². The van der Waals surface area contributed by atoms with E-state index in [0.29, 0.717) is 0 Å². The van der Waals surface area contributed by atoms with Crippen LogP contribution in [0.1, 0.15) is 60.3 Å². The maximum absolute atomic E-state index is 2.42. The highest BCUT2D eigenvalue weighted by Gasteiger charge is 2.38. The maximum Gasteiger partial charge on any atom is 0.0114 e. The van der Waals surface area contributed by atoms with Crippen molar-refractivity contribution in [2.24, 2.45) is 0 Å². The largest absolute Gasteiger partial charge is 0.145 e. The molecule has 0 spiro atoms. The van der Waals surface area contributed by atoms with Crippen LogP contribution in [-0.2, 0) is 0 Å². The molecular weight excluding hydrogens is 176 g/mol. The van der Waals surface area contributed by atoms with Gasteiger partial charge in [0, 0.05) is 9.75 Å². The van der Waals surface area contributed by atoms with Crippen molar-refractivity contribution < 1.29 is 0 Å². The van der Waals surface area contributed by atoms with Gasteiger partial charge in [0.1, 0.15) is 0 Å². The van der Waals surface area contributed by atoms with E-state index in [1.165, 1.54) is 24.1 Å². The third kappa shape index (κ3) is 1.34. The lowest BCUT2D eigenvalue weighted by molar-refractivity contribution is 0.728. The zero-order valence-corrected chi connectivity index (χ0v) is 9.58. The average Bonchev–Trinajstić information content (AvgIpc) is 2.77. The van der Waals surface area contributed by atoms with E-state index in [1.807, 2.05) is 25.2 Å². The number of fused-ring (bicyclic) bond motifs is 5. The highest BCUT2D eigenvalue weighted by Crippen LogP contribution is 2.55. The molecule has 1 saturated carbocycles. The topological polar surface area (TPSA) is 0 Å². The van der Waals surface area contributed by atoms with Crippen LogP contribution in [0.5, 0.6) is 0 Å². The van der Waals surface area contributed by atoms with Crippen LogP contribution in [0.4, 0.5) is 0 Å². The molecule has 0 N–H and O–H groups in total. The summed E-state index contributed by atoms with van der Waals surface area (Å²) >= 11 is 2.04. The van der Waals surface area contributed by atoms with Crippen molar-refractivity contribution in [3.8, 4) is 0 Å². The molecule has 2 atom stereocenters. The zero-order valence-electron chi connectivity index (χ0n) is 8.76. The Morgan fingerprint density at radius 1 is 1.23 bits per heavy atom. The Labute approximate surface area is 85.0 Å². The number of rotatable bonds is 0. The van der Waals surface area contributed by atoms with Crippen molar-refractivity contribution in [3.63, 3.8) is 0 Å². The fraction of sp³-hybridized carbons (Fsp3) is 0.667. The Balaban J connectivity index is 0.000000308. The van der Waals surface area contributed by atoms with Crippen LogP contribution in [0, 0.1) is 6.92 Å². The zero-order chi connectivity index (χ0) is 9.42. The molecule has 1 aromatic heterocycles. The summed E-state index contributed by atoms with van der Waals surface area (Å²) in [7, 11) is 0. The first-order chi connectivity index (χ1) is 6.34. The summed E-state index contributed by atoms with van der Waals surface area (Å²) in [5, 5.41) is 0. The minimum atomic E-state index is 0.958. The van der Waals surface area contributed by atoms with Gasteiger partial charge in [0.2, 0.25) is 0 Å². The van der Waals surface area contributed by atoms with E-state index in [1.54, 1.807) is 10.4 Å². The Hall–Kier alpha value is -0.300. The number of thiophene rings is 1. The molecular formula is C12H18S. The van der Waals surface area contributed by atoms with Gasteiger partial charge in [0.05, 0.1) is 0 Å². The van der Waals surface area contributed by atoms with Gasteiger partial charge < -0.3 is 0 Å². The Kier molecular flexibility index (Phi) is 2.46. The van der Waals surface area contributed by atoms with Crippen molar-refractivity contribution in [1.29, 1.82) is 0 Å². The molecule has 0 nitrogen and oxygen atoms in total. The van der Waals surface area contributed by atoms with Gasteiger partial charge in [0.25, 0.3) is 0 Å². The summed E-state index contributed by atoms with van der Waals surface area (Å²) in [5.74, 6) is 1.92. The molecule has 2 aliphatic carbocycles. The van der Waals surface area contributed by atoms with Crippen molar-refractivity contribution in [2.75, 3.05) is 0 Å². The smallest absolute Gasteiger partial charge is 0.0114 e. The summed E-state index contributed by atoms with van der Waals surface area (Å²) in [4.78, 5) is 3.25. The summed E-state index contributed by atoms with van der Waals surface area (Å²) < 4.78 is 0. The van der Waals surface area contributed by atoms with E-state index in [2.05, 4.69) is 13.0 Å². The van der Waals surface area contributed by atoms with Gasteiger partial charge in [-0.3, -0.25) is 0 Å². The van der Waals surface area contributed by atoms with Gasteiger partial charge >= 0.3 is 0 Å². The molecule has 72 valence electrons. The first-order valence-electron chi connectivity index (χ1n) is 5.45. The lowest BCUT2D eigenvalue weighted by atomic mass is 9.99. The van der Waals surface area contributed by atoms with Crippen molar-refractivity contribution in [1.82, 2.24) is 0 Å². The highest BCUT2D eigenvalue weighted by molar-refractivity contribution is 7.12. The van der Waals surface area contributed by atoms with E-state index in [-0.39, 0.29) is 0 Å². The molecule has 3 rings (SSSR count). The van der Waals surface area contributed by atoms with Crippen LogP contribution in [0.2, 0.25) is 0 Å². The predicted octanol–water partition coefficient (Wildman–Crippen LogP) is 4.45. The van der Waals surface area contributed by atoms with Gasteiger partial charge in [-0.2, -0.15) is 0 Å². The van der Waals surface area contributed by atoms with Crippen LogP contribution in [-0.4, -0.2) is 0 Å². The third-order valence-corrected chi connectivity index (χ3v) is 4.39. The number of hydrogen-bond acceptors (Lipinski definition) is 1. The number of hydrogen-bond donors (Lipinski definition) is 0. The quantitative estimate of drug-likeness (QED) is 0.572. The molecule has 0 amide bonds.